The summed E-state index contributed by atoms with van der Waals surface area (Å²) in [4.78, 5) is 43.1. The third-order valence-corrected chi connectivity index (χ3v) is 6.98. The van der Waals surface area contributed by atoms with Crippen LogP contribution in [0.5, 0.6) is 11.5 Å². The van der Waals surface area contributed by atoms with Gasteiger partial charge in [-0.25, -0.2) is 4.79 Å². The van der Waals surface area contributed by atoms with Crippen molar-refractivity contribution in [2.24, 2.45) is 11.8 Å². The summed E-state index contributed by atoms with van der Waals surface area (Å²) in [6.45, 7) is 9.29. The Balaban J connectivity index is 1.30. The van der Waals surface area contributed by atoms with Gasteiger partial charge in [0.05, 0.1) is 12.2 Å². The summed E-state index contributed by atoms with van der Waals surface area (Å²) in [6.07, 6.45) is 1.49. The van der Waals surface area contributed by atoms with Gasteiger partial charge in [0.1, 0.15) is 5.69 Å². The molecule has 1 atom stereocenters. The quantitative estimate of drug-likeness (QED) is 0.585. The number of ether oxygens (including phenoxy) is 3. The maximum atomic E-state index is 13.2. The van der Waals surface area contributed by atoms with Gasteiger partial charge in [0.15, 0.2) is 11.5 Å². The summed E-state index contributed by atoms with van der Waals surface area (Å²) in [5.41, 5.74) is 3.06. The molecule has 35 heavy (non-hydrogen) atoms. The van der Waals surface area contributed by atoms with Gasteiger partial charge in [-0.15, -0.1) is 0 Å². The lowest BCUT2D eigenvalue weighted by atomic mass is 9.84. The fraction of sp³-hybridized carbons (Fsp3) is 0.500. The highest BCUT2D eigenvalue weighted by Crippen LogP contribution is 2.32. The summed E-state index contributed by atoms with van der Waals surface area (Å²) in [5, 5.41) is 3.02. The number of amides is 2. The first-order valence-electron chi connectivity index (χ1n) is 12.1. The summed E-state index contributed by atoms with van der Waals surface area (Å²) >= 11 is 0. The van der Waals surface area contributed by atoms with E-state index in [4.69, 9.17) is 14.2 Å². The molecule has 0 bridgehead atoms. The third kappa shape index (κ3) is 5.13. The van der Waals surface area contributed by atoms with E-state index in [-0.39, 0.29) is 37.0 Å². The van der Waals surface area contributed by atoms with Crippen molar-refractivity contribution in [2.75, 3.05) is 26.5 Å². The topological polar surface area (TPSA) is 110 Å². The Morgan fingerprint density at radius 1 is 1.17 bits per heavy atom. The molecule has 2 amide bonds. The number of nitrogens with one attached hydrogen (secondary N) is 2. The van der Waals surface area contributed by atoms with Crippen LogP contribution in [0.4, 0.5) is 0 Å². The molecule has 0 spiro atoms. The van der Waals surface area contributed by atoms with E-state index in [1.54, 1.807) is 25.7 Å². The Morgan fingerprint density at radius 3 is 2.60 bits per heavy atom. The van der Waals surface area contributed by atoms with E-state index in [9.17, 15) is 14.4 Å². The van der Waals surface area contributed by atoms with Gasteiger partial charge in [0, 0.05) is 31.2 Å². The third-order valence-electron chi connectivity index (χ3n) is 6.98. The largest absolute Gasteiger partial charge is 0.462 e. The number of rotatable bonds is 7. The van der Waals surface area contributed by atoms with E-state index in [0.717, 1.165) is 24.2 Å². The molecule has 1 aromatic carbocycles. The standard InChI is InChI=1S/C26H33N3O6/c1-5-33-26(32)22-16(3)23(28-17(22)4)25(31)29-10-8-19(9-11-29)15(2)24(30)27-13-18-6-7-20-21(12-18)35-14-34-20/h6-7,12,15,19,28H,5,8-11,13-14H2,1-4H3,(H,27,30)/t15-/m0/s1. The van der Waals surface area contributed by atoms with Gasteiger partial charge in [0.2, 0.25) is 12.7 Å². The Labute approximate surface area is 205 Å². The maximum Gasteiger partial charge on any atom is 0.340 e. The van der Waals surface area contributed by atoms with Crippen LogP contribution in [0.3, 0.4) is 0 Å². The van der Waals surface area contributed by atoms with Crippen molar-refractivity contribution in [2.45, 2.75) is 47.1 Å². The molecule has 0 radical (unpaired) electrons. The van der Waals surface area contributed by atoms with Gasteiger partial charge in [-0.1, -0.05) is 13.0 Å². The number of aryl methyl sites for hydroxylation is 1. The van der Waals surface area contributed by atoms with Gasteiger partial charge in [0.25, 0.3) is 5.91 Å². The molecule has 0 aliphatic carbocycles. The van der Waals surface area contributed by atoms with Gasteiger partial charge < -0.3 is 29.4 Å². The molecule has 3 heterocycles. The lowest BCUT2D eigenvalue weighted by Crippen LogP contribution is -2.42. The molecule has 0 saturated carbocycles. The molecule has 188 valence electrons. The summed E-state index contributed by atoms with van der Waals surface area (Å²) in [7, 11) is 0. The van der Waals surface area contributed by atoms with Crippen molar-refractivity contribution < 1.29 is 28.6 Å². The number of esters is 1. The zero-order valence-corrected chi connectivity index (χ0v) is 20.7. The number of fused-ring (bicyclic) bond motifs is 1. The highest BCUT2D eigenvalue weighted by atomic mass is 16.7. The maximum absolute atomic E-state index is 13.2. The van der Waals surface area contributed by atoms with Crippen LogP contribution in [0.25, 0.3) is 0 Å². The molecule has 9 heteroatoms. The van der Waals surface area contributed by atoms with Crippen molar-refractivity contribution >= 4 is 17.8 Å². The Morgan fingerprint density at radius 2 is 1.89 bits per heavy atom. The van der Waals surface area contributed by atoms with Gasteiger partial charge >= 0.3 is 5.97 Å². The van der Waals surface area contributed by atoms with Crippen molar-refractivity contribution in [3.8, 4) is 11.5 Å². The number of aromatic nitrogens is 1. The minimum atomic E-state index is -0.419. The molecule has 1 saturated heterocycles. The number of benzene rings is 1. The summed E-state index contributed by atoms with van der Waals surface area (Å²) in [6, 6.07) is 5.65. The van der Waals surface area contributed by atoms with Crippen LogP contribution in [-0.2, 0) is 16.1 Å². The van der Waals surface area contributed by atoms with Gasteiger partial charge in [-0.05, 0) is 62.8 Å². The predicted octanol–water partition coefficient (Wildman–Crippen LogP) is 3.34. The number of nitrogens with zero attached hydrogens (tertiary/aromatic N) is 1. The minimum absolute atomic E-state index is 0.00218. The lowest BCUT2D eigenvalue weighted by Gasteiger charge is -2.34. The van der Waals surface area contributed by atoms with Crippen molar-refractivity contribution in [1.29, 1.82) is 0 Å². The fourth-order valence-electron chi connectivity index (χ4n) is 4.85. The number of aromatic amines is 1. The second kappa shape index (κ2) is 10.4. The normalized spacial score (nSPS) is 16.2. The summed E-state index contributed by atoms with van der Waals surface area (Å²) in [5.74, 6) is 0.905. The summed E-state index contributed by atoms with van der Waals surface area (Å²) < 4.78 is 15.8. The minimum Gasteiger partial charge on any atom is -0.462 e. The first kappa shape index (κ1) is 24.6. The Kier molecular flexibility index (Phi) is 7.33. The Hall–Kier alpha value is -3.49. The number of piperidine rings is 1. The predicted molar refractivity (Wildman–Crippen MR) is 128 cm³/mol. The van der Waals surface area contributed by atoms with Crippen LogP contribution in [0, 0.1) is 25.7 Å². The van der Waals surface area contributed by atoms with Gasteiger partial charge in [-0.2, -0.15) is 0 Å². The van der Waals surface area contributed by atoms with E-state index in [1.807, 2.05) is 25.1 Å². The van der Waals surface area contributed by atoms with Crippen LogP contribution < -0.4 is 14.8 Å². The fourth-order valence-corrected chi connectivity index (χ4v) is 4.85. The van der Waals surface area contributed by atoms with Crippen LogP contribution in [0.1, 0.15) is 64.4 Å². The number of hydrogen-bond donors (Lipinski definition) is 2. The van der Waals surface area contributed by atoms with E-state index >= 15 is 0 Å². The van der Waals surface area contributed by atoms with E-state index in [2.05, 4.69) is 10.3 Å². The van der Waals surface area contributed by atoms with Crippen molar-refractivity contribution in [1.82, 2.24) is 15.2 Å². The van der Waals surface area contributed by atoms with E-state index < -0.39 is 5.97 Å². The average Bonchev–Trinajstić information content (AvgIpc) is 3.44. The zero-order valence-electron chi connectivity index (χ0n) is 20.7. The SMILES string of the molecule is CCOC(=O)c1c(C)[nH]c(C(=O)N2CCC([C@H](C)C(=O)NCc3ccc4c(c3)OCO4)CC2)c1C. The lowest BCUT2D eigenvalue weighted by molar-refractivity contribution is -0.126. The number of carbonyl (C=O) groups excluding carboxylic acids is 3. The molecule has 4 rings (SSSR count). The first-order chi connectivity index (χ1) is 16.8. The molecule has 1 aromatic heterocycles. The van der Waals surface area contributed by atoms with Crippen molar-refractivity contribution in [3.05, 3.63) is 46.3 Å². The molecule has 1 fully saturated rings. The van der Waals surface area contributed by atoms with Crippen LogP contribution in [-0.4, -0.2) is 54.2 Å². The zero-order chi connectivity index (χ0) is 25.1. The number of likely N-dealkylation sites (tertiary alicyclic amines) is 1. The number of H-pyrrole nitrogens is 1. The molecule has 9 nitrogen and oxygen atoms in total. The molecular formula is C26H33N3O6. The smallest absolute Gasteiger partial charge is 0.340 e. The van der Waals surface area contributed by atoms with E-state index in [1.165, 1.54) is 0 Å². The molecule has 2 aliphatic rings. The molecule has 2 N–H and O–H groups in total. The first-order valence-corrected chi connectivity index (χ1v) is 12.1. The van der Waals surface area contributed by atoms with E-state index in [0.29, 0.717) is 47.9 Å². The number of carbonyl (C=O) groups is 3. The average molecular weight is 484 g/mol. The molecule has 0 unspecified atom stereocenters. The van der Waals surface area contributed by atoms with Crippen LogP contribution in [0.15, 0.2) is 18.2 Å². The second-order valence-corrected chi connectivity index (χ2v) is 9.17. The molecular weight excluding hydrogens is 450 g/mol. The highest BCUT2D eigenvalue weighted by molar-refractivity contribution is 6.00. The number of hydrogen-bond acceptors (Lipinski definition) is 6. The second-order valence-electron chi connectivity index (χ2n) is 9.17. The van der Waals surface area contributed by atoms with Gasteiger partial charge in [-0.3, -0.25) is 9.59 Å². The van der Waals surface area contributed by atoms with Crippen molar-refractivity contribution in [3.63, 3.8) is 0 Å². The van der Waals surface area contributed by atoms with Crippen LogP contribution in [0.2, 0.25) is 0 Å². The molecule has 2 aliphatic heterocycles. The Bertz CT molecular complexity index is 1120. The monoisotopic (exact) mass is 483 g/mol. The van der Waals surface area contributed by atoms with Crippen LogP contribution >= 0.6 is 0 Å². The highest BCUT2D eigenvalue weighted by Gasteiger charge is 2.32. The molecule has 2 aromatic rings.